The van der Waals surface area contributed by atoms with Crippen molar-refractivity contribution in [2.45, 2.75) is 6.42 Å². The van der Waals surface area contributed by atoms with Crippen LogP contribution in [0.15, 0.2) is 71.2 Å². The van der Waals surface area contributed by atoms with Crippen molar-refractivity contribution in [1.82, 2.24) is 10.2 Å². The van der Waals surface area contributed by atoms with Crippen LogP contribution >= 0.6 is 0 Å². The summed E-state index contributed by atoms with van der Waals surface area (Å²) in [6, 6.07) is 12.8. The van der Waals surface area contributed by atoms with E-state index in [2.05, 4.69) is 15.5 Å². The molecular formula is C20H14FN3O2. The summed E-state index contributed by atoms with van der Waals surface area (Å²) in [5.74, 6) is -0.254. The van der Waals surface area contributed by atoms with Gasteiger partial charge in [0.25, 0.3) is 5.91 Å². The molecule has 5 nitrogen and oxygen atoms in total. The van der Waals surface area contributed by atoms with Gasteiger partial charge in [0.2, 0.25) is 11.8 Å². The van der Waals surface area contributed by atoms with Gasteiger partial charge in [-0.2, -0.15) is 0 Å². The molecule has 2 aromatic carbocycles. The third-order valence-electron chi connectivity index (χ3n) is 3.96. The van der Waals surface area contributed by atoms with E-state index in [1.165, 1.54) is 18.2 Å². The van der Waals surface area contributed by atoms with E-state index in [1.807, 2.05) is 18.2 Å². The number of carbonyl (C=O) groups is 1. The normalized spacial score (nSPS) is 12.9. The highest BCUT2D eigenvalue weighted by Gasteiger charge is 2.15. The molecule has 3 aromatic rings. The minimum Gasteiger partial charge on any atom is -0.416 e. The third-order valence-corrected chi connectivity index (χ3v) is 3.96. The molecule has 0 bridgehead atoms. The van der Waals surface area contributed by atoms with E-state index in [9.17, 15) is 9.18 Å². The number of aromatic nitrogens is 2. The highest BCUT2D eigenvalue weighted by molar-refractivity contribution is 6.04. The Kier molecular flexibility index (Phi) is 4.15. The molecule has 1 aromatic heterocycles. The van der Waals surface area contributed by atoms with Crippen LogP contribution in [0.25, 0.3) is 17.0 Å². The van der Waals surface area contributed by atoms with Gasteiger partial charge in [-0.3, -0.25) is 4.79 Å². The Morgan fingerprint density at radius 1 is 1.08 bits per heavy atom. The zero-order valence-corrected chi connectivity index (χ0v) is 13.6. The van der Waals surface area contributed by atoms with Crippen LogP contribution in [0.4, 0.5) is 10.1 Å². The summed E-state index contributed by atoms with van der Waals surface area (Å²) in [4.78, 5) is 12.2. The lowest BCUT2D eigenvalue weighted by Gasteiger charge is -2.07. The molecule has 1 N–H and O–H groups in total. The molecular weight excluding hydrogens is 333 g/mol. The smallest absolute Gasteiger partial charge is 0.258 e. The number of allylic oxidation sites excluding steroid dienone is 4. The number of hydrogen-bond donors (Lipinski definition) is 1. The van der Waals surface area contributed by atoms with Crippen molar-refractivity contribution in [1.29, 1.82) is 0 Å². The Labute approximate surface area is 148 Å². The number of carbonyl (C=O) groups excluding carboxylic acids is 1. The minimum atomic E-state index is -0.568. The second kappa shape index (κ2) is 6.76. The molecule has 0 saturated heterocycles. The molecule has 128 valence electrons. The van der Waals surface area contributed by atoms with Crippen LogP contribution < -0.4 is 5.32 Å². The average molecular weight is 347 g/mol. The SMILES string of the molecule is O=C(Nc1cccc(-c2nnc(C3=CC=CC3)o2)c1)c1ccccc1F. The lowest BCUT2D eigenvalue weighted by Crippen LogP contribution is -2.13. The lowest BCUT2D eigenvalue weighted by molar-refractivity contribution is 0.102. The molecule has 1 aliphatic carbocycles. The van der Waals surface area contributed by atoms with Gasteiger partial charge in [-0.05, 0) is 36.8 Å². The summed E-state index contributed by atoms with van der Waals surface area (Å²) < 4.78 is 19.4. The Hall–Kier alpha value is -3.54. The van der Waals surface area contributed by atoms with Crippen LogP contribution in [-0.4, -0.2) is 16.1 Å². The molecule has 0 saturated carbocycles. The lowest BCUT2D eigenvalue weighted by atomic mass is 10.1. The molecule has 0 fully saturated rings. The third kappa shape index (κ3) is 3.17. The molecule has 26 heavy (non-hydrogen) atoms. The van der Waals surface area contributed by atoms with Gasteiger partial charge in [0.15, 0.2) is 0 Å². The second-order valence-electron chi connectivity index (χ2n) is 5.75. The fourth-order valence-corrected chi connectivity index (χ4v) is 2.65. The Morgan fingerprint density at radius 2 is 1.92 bits per heavy atom. The monoisotopic (exact) mass is 347 g/mol. The first-order chi connectivity index (χ1) is 12.7. The topological polar surface area (TPSA) is 68.0 Å². The number of anilines is 1. The first-order valence-electron chi connectivity index (χ1n) is 8.06. The van der Waals surface area contributed by atoms with Crippen molar-refractivity contribution < 1.29 is 13.6 Å². The van der Waals surface area contributed by atoms with E-state index in [4.69, 9.17) is 4.42 Å². The number of amides is 1. The van der Waals surface area contributed by atoms with E-state index < -0.39 is 11.7 Å². The molecule has 1 aliphatic rings. The number of nitrogens with one attached hydrogen (secondary N) is 1. The summed E-state index contributed by atoms with van der Waals surface area (Å²) in [5, 5.41) is 10.8. The van der Waals surface area contributed by atoms with E-state index in [-0.39, 0.29) is 5.56 Å². The molecule has 4 rings (SSSR count). The van der Waals surface area contributed by atoms with Crippen LogP contribution in [0.1, 0.15) is 22.7 Å². The summed E-state index contributed by atoms with van der Waals surface area (Å²) in [6.45, 7) is 0. The van der Waals surface area contributed by atoms with E-state index in [0.717, 1.165) is 12.0 Å². The first kappa shape index (κ1) is 16.0. The quantitative estimate of drug-likeness (QED) is 0.756. The number of hydrogen-bond acceptors (Lipinski definition) is 4. The van der Waals surface area contributed by atoms with Gasteiger partial charge in [0.05, 0.1) is 5.56 Å². The standard InChI is InChI=1S/C20H14FN3O2/c21-17-11-4-3-10-16(17)18(25)22-15-9-5-8-14(12-15)20-24-23-19(26-20)13-6-1-2-7-13/h1-6,8-12H,7H2,(H,22,25). The maximum absolute atomic E-state index is 13.7. The molecule has 0 unspecified atom stereocenters. The van der Waals surface area contributed by atoms with Gasteiger partial charge in [0, 0.05) is 16.8 Å². The summed E-state index contributed by atoms with van der Waals surface area (Å²) in [7, 11) is 0. The van der Waals surface area contributed by atoms with Crippen LogP contribution in [0, 0.1) is 5.82 Å². The molecule has 0 spiro atoms. The first-order valence-corrected chi connectivity index (χ1v) is 8.06. The van der Waals surface area contributed by atoms with E-state index in [1.54, 1.807) is 30.3 Å². The van der Waals surface area contributed by atoms with E-state index >= 15 is 0 Å². The van der Waals surface area contributed by atoms with Crippen molar-refractivity contribution in [3.8, 4) is 11.5 Å². The second-order valence-corrected chi connectivity index (χ2v) is 5.75. The van der Waals surface area contributed by atoms with Crippen LogP contribution in [-0.2, 0) is 0 Å². The highest BCUT2D eigenvalue weighted by Crippen LogP contribution is 2.27. The zero-order chi connectivity index (χ0) is 17.9. The summed E-state index contributed by atoms with van der Waals surface area (Å²) in [6.07, 6.45) is 6.65. The summed E-state index contributed by atoms with van der Waals surface area (Å²) >= 11 is 0. The fourth-order valence-electron chi connectivity index (χ4n) is 2.65. The van der Waals surface area contributed by atoms with Crippen molar-refractivity contribution >= 4 is 17.2 Å². The van der Waals surface area contributed by atoms with Crippen molar-refractivity contribution in [3.63, 3.8) is 0 Å². The highest BCUT2D eigenvalue weighted by atomic mass is 19.1. The Balaban J connectivity index is 1.55. The maximum Gasteiger partial charge on any atom is 0.258 e. The number of halogens is 1. The average Bonchev–Trinajstić information content (AvgIpc) is 3.34. The maximum atomic E-state index is 13.7. The van der Waals surface area contributed by atoms with Gasteiger partial charge >= 0.3 is 0 Å². The number of rotatable bonds is 4. The van der Waals surface area contributed by atoms with Crippen LogP contribution in [0.5, 0.6) is 0 Å². The Bertz CT molecular complexity index is 1040. The predicted octanol–water partition coefficient (Wildman–Crippen LogP) is 4.47. The molecule has 0 atom stereocenters. The van der Waals surface area contributed by atoms with Gasteiger partial charge in [-0.25, -0.2) is 4.39 Å². The number of nitrogens with zero attached hydrogens (tertiary/aromatic N) is 2. The van der Waals surface area contributed by atoms with Crippen LogP contribution in [0.2, 0.25) is 0 Å². The minimum absolute atomic E-state index is 0.0151. The molecule has 0 radical (unpaired) electrons. The van der Waals surface area contributed by atoms with Gasteiger partial charge in [0.1, 0.15) is 5.82 Å². The molecule has 6 heteroatoms. The van der Waals surface area contributed by atoms with Crippen molar-refractivity contribution in [2.24, 2.45) is 0 Å². The molecule has 1 heterocycles. The molecule has 0 aliphatic heterocycles. The summed E-state index contributed by atoms with van der Waals surface area (Å²) in [5.41, 5.74) is 2.13. The molecule has 1 amide bonds. The van der Waals surface area contributed by atoms with Crippen molar-refractivity contribution in [2.75, 3.05) is 5.32 Å². The predicted molar refractivity (Wildman–Crippen MR) is 95.8 cm³/mol. The van der Waals surface area contributed by atoms with Gasteiger partial charge in [-0.15, -0.1) is 10.2 Å². The van der Waals surface area contributed by atoms with Gasteiger partial charge < -0.3 is 9.73 Å². The van der Waals surface area contributed by atoms with Crippen molar-refractivity contribution in [3.05, 3.63) is 84.0 Å². The number of benzene rings is 2. The van der Waals surface area contributed by atoms with E-state index in [0.29, 0.717) is 23.0 Å². The fraction of sp³-hybridized carbons (Fsp3) is 0.0500. The van der Waals surface area contributed by atoms with Crippen LogP contribution in [0.3, 0.4) is 0 Å². The Morgan fingerprint density at radius 3 is 2.73 bits per heavy atom. The zero-order valence-electron chi connectivity index (χ0n) is 13.6. The van der Waals surface area contributed by atoms with Gasteiger partial charge in [-0.1, -0.05) is 36.4 Å². The largest absolute Gasteiger partial charge is 0.416 e.